The van der Waals surface area contributed by atoms with Gasteiger partial charge in [0, 0.05) is 6.54 Å². The van der Waals surface area contributed by atoms with Gasteiger partial charge in [0.2, 0.25) is 0 Å². The Balaban J connectivity index is 1.93. The Hall–Kier alpha value is -2.32. The van der Waals surface area contributed by atoms with Crippen LogP contribution in [0.4, 0.5) is 9.59 Å². The predicted molar refractivity (Wildman–Crippen MR) is 90.8 cm³/mol. The van der Waals surface area contributed by atoms with E-state index in [-0.39, 0.29) is 19.8 Å². The highest BCUT2D eigenvalue weighted by Crippen LogP contribution is 2.06. The van der Waals surface area contributed by atoms with Gasteiger partial charge >= 0.3 is 12.2 Å². The fourth-order valence-electron chi connectivity index (χ4n) is 1.61. The summed E-state index contributed by atoms with van der Waals surface area (Å²) < 4.78 is 15.3. The fourth-order valence-corrected chi connectivity index (χ4v) is 1.61. The molecule has 1 aromatic carbocycles. The molecule has 0 atom stereocenters. The molecular weight excluding hydrogens is 328 g/mol. The number of hydrogen-bond donors (Lipinski definition) is 2. The van der Waals surface area contributed by atoms with Crippen LogP contribution in [0.3, 0.4) is 0 Å². The first-order chi connectivity index (χ1) is 11.9. The Labute approximate surface area is 147 Å². The number of hydrogen-bond acceptors (Lipinski definition) is 6. The summed E-state index contributed by atoms with van der Waals surface area (Å²) in [5, 5.41) is 2.57. The van der Waals surface area contributed by atoms with Gasteiger partial charge in [0.15, 0.2) is 0 Å². The Morgan fingerprint density at radius 1 is 1.00 bits per heavy atom. The minimum atomic E-state index is -0.657. The zero-order chi connectivity index (χ0) is 18.5. The number of nitrogens with one attached hydrogen (secondary N) is 2. The molecule has 8 nitrogen and oxygen atoms in total. The minimum Gasteiger partial charge on any atom is -0.445 e. The van der Waals surface area contributed by atoms with Gasteiger partial charge in [-0.2, -0.15) is 5.48 Å². The van der Waals surface area contributed by atoms with Crippen LogP contribution < -0.4 is 10.8 Å². The van der Waals surface area contributed by atoms with Crippen molar-refractivity contribution in [2.75, 3.05) is 26.4 Å². The van der Waals surface area contributed by atoms with E-state index >= 15 is 0 Å². The van der Waals surface area contributed by atoms with E-state index < -0.39 is 17.8 Å². The lowest BCUT2D eigenvalue weighted by atomic mass is 10.2. The first-order valence-corrected chi connectivity index (χ1v) is 8.00. The van der Waals surface area contributed by atoms with Crippen LogP contribution in [0.15, 0.2) is 30.3 Å². The fraction of sp³-hybridized carbons (Fsp3) is 0.529. The van der Waals surface area contributed by atoms with Crippen LogP contribution >= 0.6 is 0 Å². The number of ether oxygens (including phenoxy) is 3. The van der Waals surface area contributed by atoms with Gasteiger partial charge in [-0.25, -0.2) is 9.59 Å². The normalized spacial score (nSPS) is 10.8. The van der Waals surface area contributed by atoms with E-state index in [0.717, 1.165) is 5.56 Å². The zero-order valence-electron chi connectivity index (χ0n) is 14.9. The predicted octanol–water partition coefficient (Wildman–Crippen LogP) is 2.39. The quantitative estimate of drug-likeness (QED) is 0.522. The molecule has 1 rings (SSSR count). The maximum atomic E-state index is 11.5. The first-order valence-electron chi connectivity index (χ1n) is 8.00. The highest BCUT2D eigenvalue weighted by atomic mass is 16.7. The van der Waals surface area contributed by atoms with Crippen molar-refractivity contribution in [2.24, 2.45) is 0 Å². The van der Waals surface area contributed by atoms with Crippen LogP contribution in [-0.4, -0.2) is 44.2 Å². The summed E-state index contributed by atoms with van der Waals surface area (Å²) in [6.07, 6.45) is -1.16. The smallest absolute Gasteiger partial charge is 0.431 e. The van der Waals surface area contributed by atoms with Crippen molar-refractivity contribution < 1.29 is 28.6 Å². The molecule has 0 saturated carbocycles. The van der Waals surface area contributed by atoms with Crippen molar-refractivity contribution in [3.05, 3.63) is 35.9 Å². The second-order valence-corrected chi connectivity index (χ2v) is 6.05. The maximum Gasteiger partial charge on any atom is 0.431 e. The third kappa shape index (κ3) is 11.8. The SMILES string of the molecule is CC(C)(C)OC(=O)NOCCOCCNC(=O)OCc1ccccc1. The molecule has 0 bridgehead atoms. The highest BCUT2D eigenvalue weighted by molar-refractivity contribution is 5.67. The standard InChI is InChI=1S/C17H26N2O6/c1-17(2,3)25-16(21)19-24-12-11-22-10-9-18-15(20)23-13-14-7-5-4-6-8-14/h4-8H,9-13H2,1-3H3,(H,18,20)(H,19,21). The molecule has 8 heteroatoms. The van der Waals surface area contributed by atoms with E-state index in [1.807, 2.05) is 30.3 Å². The molecule has 0 aromatic heterocycles. The van der Waals surface area contributed by atoms with Gasteiger partial charge in [-0.3, -0.25) is 4.84 Å². The van der Waals surface area contributed by atoms with Crippen LogP contribution in [0.25, 0.3) is 0 Å². The summed E-state index contributed by atoms with van der Waals surface area (Å²) in [5.74, 6) is 0. The van der Waals surface area contributed by atoms with E-state index in [2.05, 4.69) is 10.8 Å². The summed E-state index contributed by atoms with van der Waals surface area (Å²) in [6, 6.07) is 9.41. The topological polar surface area (TPSA) is 95.1 Å². The maximum absolute atomic E-state index is 11.5. The largest absolute Gasteiger partial charge is 0.445 e. The van der Waals surface area contributed by atoms with E-state index in [4.69, 9.17) is 19.0 Å². The number of rotatable bonds is 9. The highest BCUT2D eigenvalue weighted by Gasteiger charge is 2.15. The molecule has 0 fully saturated rings. The van der Waals surface area contributed by atoms with Gasteiger partial charge < -0.3 is 19.5 Å². The number of benzene rings is 1. The van der Waals surface area contributed by atoms with Gasteiger partial charge in [0.1, 0.15) is 12.2 Å². The van der Waals surface area contributed by atoms with E-state index in [1.54, 1.807) is 20.8 Å². The van der Waals surface area contributed by atoms with E-state index in [9.17, 15) is 9.59 Å². The average molecular weight is 354 g/mol. The Bertz CT molecular complexity index is 516. The lowest BCUT2D eigenvalue weighted by Crippen LogP contribution is -2.33. The molecule has 1 aromatic rings. The molecule has 140 valence electrons. The van der Waals surface area contributed by atoms with Gasteiger partial charge in [-0.05, 0) is 26.3 Å². The van der Waals surface area contributed by atoms with Crippen LogP contribution in [0, 0.1) is 0 Å². The number of hydroxylamine groups is 1. The molecule has 2 N–H and O–H groups in total. The molecular formula is C17H26N2O6. The molecule has 0 heterocycles. The van der Waals surface area contributed by atoms with Crippen molar-refractivity contribution in [2.45, 2.75) is 33.0 Å². The lowest BCUT2D eigenvalue weighted by Gasteiger charge is -2.19. The number of amides is 2. The van der Waals surface area contributed by atoms with Crippen molar-refractivity contribution in [1.29, 1.82) is 0 Å². The van der Waals surface area contributed by atoms with Gasteiger partial charge in [0.25, 0.3) is 0 Å². The molecule has 0 aliphatic heterocycles. The van der Waals surface area contributed by atoms with Crippen molar-refractivity contribution in [1.82, 2.24) is 10.8 Å². The Kier molecular flexibility index (Phi) is 9.34. The second-order valence-electron chi connectivity index (χ2n) is 6.05. The summed E-state index contributed by atoms with van der Waals surface area (Å²) in [7, 11) is 0. The van der Waals surface area contributed by atoms with Gasteiger partial charge in [0.05, 0.1) is 19.8 Å². The van der Waals surface area contributed by atoms with Crippen LogP contribution in [-0.2, 0) is 25.7 Å². The Morgan fingerprint density at radius 3 is 2.40 bits per heavy atom. The van der Waals surface area contributed by atoms with E-state index in [0.29, 0.717) is 13.2 Å². The van der Waals surface area contributed by atoms with Gasteiger partial charge in [-0.15, -0.1) is 0 Å². The Morgan fingerprint density at radius 2 is 1.72 bits per heavy atom. The molecule has 0 unspecified atom stereocenters. The average Bonchev–Trinajstić information content (AvgIpc) is 2.54. The zero-order valence-corrected chi connectivity index (χ0v) is 14.9. The number of carbonyl (C=O) groups is 2. The monoisotopic (exact) mass is 354 g/mol. The third-order valence-corrected chi connectivity index (χ3v) is 2.61. The summed E-state index contributed by atoms with van der Waals surface area (Å²) in [4.78, 5) is 27.6. The van der Waals surface area contributed by atoms with Crippen molar-refractivity contribution >= 4 is 12.2 Å². The minimum absolute atomic E-state index is 0.164. The molecule has 2 amide bonds. The third-order valence-electron chi connectivity index (χ3n) is 2.61. The molecule has 0 aliphatic rings. The number of carbonyl (C=O) groups excluding carboxylic acids is 2. The summed E-state index contributed by atoms with van der Waals surface area (Å²) >= 11 is 0. The molecule has 0 saturated heterocycles. The van der Waals surface area contributed by atoms with Crippen molar-refractivity contribution in [3.63, 3.8) is 0 Å². The van der Waals surface area contributed by atoms with Crippen molar-refractivity contribution in [3.8, 4) is 0 Å². The van der Waals surface area contributed by atoms with Crippen LogP contribution in [0.5, 0.6) is 0 Å². The first kappa shape index (κ1) is 20.7. The lowest BCUT2D eigenvalue weighted by molar-refractivity contribution is -0.0258. The second kappa shape index (κ2) is 11.3. The van der Waals surface area contributed by atoms with E-state index in [1.165, 1.54) is 0 Å². The van der Waals surface area contributed by atoms with Crippen LogP contribution in [0.1, 0.15) is 26.3 Å². The molecule has 0 aliphatic carbocycles. The summed E-state index contributed by atoms with van der Waals surface area (Å²) in [6.45, 7) is 6.53. The summed E-state index contributed by atoms with van der Waals surface area (Å²) in [5.41, 5.74) is 2.49. The molecule has 25 heavy (non-hydrogen) atoms. The van der Waals surface area contributed by atoms with Gasteiger partial charge in [-0.1, -0.05) is 30.3 Å². The molecule has 0 radical (unpaired) electrons. The van der Waals surface area contributed by atoms with Crippen LogP contribution in [0.2, 0.25) is 0 Å². The number of alkyl carbamates (subject to hydrolysis) is 1. The molecule has 0 spiro atoms.